The van der Waals surface area contributed by atoms with Crippen LogP contribution in [0.4, 0.5) is 5.69 Å². The molecular formula is C19H13ClN2O4. The summed E-state index contributed by atoms with van der Waals surface area (Å²) in [4.78, 5) is 44.6. The van der Waals surface area contributed by atoms with Gasteiger partial charge in [-0.25, -0.2) is 4.90 Å². The number of imide groups is 1. The van der Waals surface area contributed by atoms with E-state index in [1.165, 1.54) is 0 Å². The number of anilines is 1. The number of Topliss-reactive ketones (excluding diaryl/α,β-unsaturated/α-hetero) is 1. The average Bonchev–Trinajstić information content (AvgIpc) is 3.17. The fraction of sp³-hybridized carbons (Fsp3) is 0.158. The molecule has 2 aromatic carbocycles. The first-order valence-electron chi connectivity index (χ1n) is 7.96. The summed E-state index contributed by atoms with van der Waals surface area (Å²) in [7, 11) is 0. The molecule has 0 unspecified atom stereocenters. The topological polar surface area (TPSA) is 76.0 Å². The number of para-hydroxylation sites is 1. The summed E-state index contributed by atoms with van der Waals surface area (Å²) in [5.41, 5.74) is 1.52. The lowest BCUT2D eigenvalue weighted by Gasteiger charge is -2.17. The van der Waals surface area contributed by atoms with E-state index >= 15 is 0 Å². The van der Waals surface area contributed by atoms with Crippen molar-refractivity contribution in [2.75, 3.05) is 4.90 Å². The Morgan fingerprint density at radius 1 is 1.08 bits per heavy atom. The summed E-state index contributed by atoms with van der Waals surface area (Å²) in [6, 6.07) is 13.3. The third kappa shape index (κ3) is 2.42. The van der Waals surface area contributed by atoms with Gasteiger partial charge in [-0.1, -0.05) is 35.0 Å². The summed E-state index contributed by atoms with van der Waals surface area (Å²) in [6.45, 7) is 1.80. The number of oxime groups is 1. The first-order chi connectivity index (χ1) is 12.5. The van der Waals surface area contributed by atoms with Crippen molar-refractivity contribution in [3.8, 4) is 0 Å². The van der Waals surface area contributed by atoms with Gasteiger partial charge in [0, 0.05) is 10.6 Å². The van der Waals surface area contributed by atoms with Crippen molar-refractivity contribution in [2.45, 2.75) is 13.0 Å². The number of fused-ring (bicyclic) bond motifs is 1. The van der Waals surface area contributed by atoms with Crippen LogP contribution in [-0.2, 0) is 14.4 Å². The molecule has 2 aromatic rings. The molecule has 0 bridgehead atoms. The predicted octanol–water partition coefficient (Wildman–Crippen LogP) is 2.78. The summed E-state index contributed by atoms with van der Waals surface area (Å²) >= 11 is 5.84. The fourth-order valence-electron chi connectivity index (χ4n) is 3.17. The zero-order valence-electron chi connectivity index (χ0n) is 13.7. The van der Waals surface area contributed by atoms with Crippen LogP contribution in [0, 0.1) is 12.8 Å². The van der Waals surface area contributed by atoms with Crippen molar-refractivity contribution in [1.82, 2.24) is 0 Å². The van der Waals surface area contributed by atoms with Gasteiger partial charge in [-0.15, -0.1) is 0 Å². The van der Waals surface area contributed by atoms with E-state index in [1.807, 2.05) is 6.07 Å². The van der Waals surface area contributed by atoms with Gasteiger partial charge < -0.3 is 4.84 Å². The Labute approximate surface area is 154 Å². The van der Waals surface area contributed by atoms with Crippen molar-refractivity contribution in [3.05, 3.63) is 64.7 Å². The van der Waals surface area contributed by atoms with Gasteiger partial charge in [0.25, 0.3) is 5.91 Å². The van der Waals surface area contributed by atoms with E-state index < -0.39 is 29.6 Å². The van der Waals surface area contributed by atoms with Gasteiger partial charge in [0.1, 0.15) is 11.6 Å². The van der Waals surface area contributed by atoms with Gasteiger partial charge >= 0.3 is 0 Å². The maximum Gasteiger partial charge on any atom is 0.278 e. The number of carbonyl (C=O) groups excluding carboxylic acids is 3. The highest BCUT2D eigenvalue weighted by Gasteiger charge is 2.57. The summed E-state index contributed by atoms with van der Waals surface area (Å²) in [5.74, 6) is -2.52. The number of benzene rings is 2. The van der Waals surface area contributed by atoms with Crippen molar-refractivity contribution >= 4 is 40.6 Å². The molecule has 6 nitrogen and oxygen atoms in total. The predicted molar refractivity (Wildman–Crippen MR) is 95.3 cm³/mol. The number of carbonyl (C=O) groups is 3. The Bertz CT molecular complexity index is 968. The van der Waals surface area contributed by atoms with E-state index in [4.69, 9.17) is 16.4 Å². The van der Waals surface area contributed by atoms with Gasteiger partial charge in [0.05, 0.1) is 5.69 Å². The molecule has 2 aliphatic heterocycles. The molecule has 4 rings (SSSR count). The molecule has 7 heteroatoms. The third-order valence-electron chi connectivity index (χ3n) is 4.51. The maximum atomic E-state index is 12.9. The van der Waals surface area contributed by atoms with Crippen molar-refractivity contribution in [2.24, 2.45) is 11.1 Å². The van der Waals surface area contributed by atoms with Crippen LogP contribution in [0.3, 0.4) is 0 Å². The second kappa shape index (κ2) is 6.07. The Balaban J connectivity index is 1.68. The van der Waals surface area contributed by atoms with Crippen LogP contribution in [0.15, 0.2) is 53.7 Å². The van der Waals surface area contributed by atoms with Crippen LogP contribution < -0.4 is 4.90 Å². The number of amides is 2. The number of nitrogens with zero attached hydrogens (tertiary/aromatic N) is 2. The van der Waals surface area contributed by atoms with Crippen LogP contribution in [-0.4, -0.2) is 29.4 Å². The van der Waals surface area contributed by atoms with Crippen LogP contribution >= 0.6 is 11.6 Å². The molecule has 0 radical (unpaired) electrons. The quantitative estimate of drug-likeness (QED) is 0.616. The summed E-state index contributed by atoms with van der Waals surface area (Å²) < 4.78 is 0. The molecule has 0 saturated carbocycles. The molecule has 0 spiro atoms. The molecule has 0 aromatic heterocycles. The lowest BCUT2D eigenvalue weighted by atomic mass is 9.93. The molecule has 2 aliphatic rings. The molecule has 26 heavy (non-hydrogen) atoms. The van der Waals surface area contributed by atoms with Gasteiger partial charge in [-0.3, -0.25) is 14.4 Å². The lowest BCUT2D eigenvalue weighted by Crippen LogP contribution is -2.34. The average molecular weight is 369 g/mol. The first-order valence-corrected chi connectivity index (χ1v) is 8.34. The standard InChI is InChI=1S/C19H13ClN2O4/c1-10-4-2-3-5-13(10)22-18(24)14-15(21-26-17(14)19(22)25)16(23)11-6-8-12(20)9-7-11/h2-9,14,17H,1H3/t14-,17-/m0/s1. The molecule has 2 heterocycles. The normalized spacial score (nSPS) is 21.5. The van der Waals surface area contributed by atoms with Gasteiger partial charge in [-0.05, 0) is 42.8 Å². The Morgan fingerprint density at radius 2 is 1.77 bits per heavy atom. The molecule has 0 N–H and O–H groups in total. The highest BCUT2D eigenvalue weighted by molar-refractivity contribution is 6.52. The van der Waals surface area contributed by atoms with E-state index in [-0.39, 0.29) is 5.71 Å². The molecule has 2 atom stereocenters. The molecule has 0 aliphatic carbocycles. The molecule has 1 fully saturated rings. The Kier molecular flexibility index (Phi) is 3.85. The van der Waals surface area contributed by atoms with Crippen LogP contribution in [0.25, 0.3) is 0 Å². The minimum absolute atomic E-state index is 0.0632. The fourth-order valence-corrected chi connectivity index (χ4v) is 3.29. The number of halogens is 1. The zero-order valence-corrected chi connectivity index (χ0v) is 14.4. The second-order valence-corrected chi connectivity index (χ2v) is 6.55. The van der Waals surface area contributed by atoms with Gasteiger partial charge in [0.2, 0.25) is 17.8 Å². The molecular weight excluding hydrogens is 356 g/mol. The molecule has 130 valence electrons. The second-order valence-electron chi connectivity index (χ2n) is 6.11. The van der Waals surface area contributed by atoms with E-state index in [1.54, 1.807) is 49.4 Å². The number of rotatable bonds is 3. The van der Waals surface area contributed by atoms with Gasteiger partial charge in [-0.2, -0.15) is 0 Å². The Hall–Kier alpha value is -2.99. The SMILES string of the molecule is Cc1ccccc1N1C(=O)[C@H]2C(C(=O)c3ccc(Cl)cc3)=NO[C@@H]2C1=O. The smallest absolute Gasteiger partial charge is 0.278 e. The van der Waals surface area contributed by atoms with Gasteiger partial charge in [0.15, 0.2) is 0 Å². The number of aryl methyl sites for hydroxylation is 1. The van der Waals surface area contributed by atoms with Crippen LogP contribution in [0.2, 0.25) is 5.02 Å². The largest absolute Gasteiger partial charge is 0.381 e. The number of hydrogen-bond donors (Lipinski definition) is 0. The van der Waals surface area contributed by atoms with E-state index in [0.29, 0.717) is 16.3 Å². The van der Waals surface area contributed by atoms with E-state index in [0.717, 1.165) is 10.5 Å². The minimum Gasteiger partial charge on any atom is -0.381 e. The Morgan fingerprint density at radius 3 is 2.46 bits per heavy atom. The zero-order chi connectivity index (χ0) is 18.4. The lowest BCUT2D eigenvalue weighted by molar-refractivity contribution is -0.126. The first kappa shape index (κ1) is 16.5. The molecule has 1 saturated heterocycles. The summed E-state index contributed by atoms with van der Waals surface area (Å²) in [6.07, 6.45) is -1.10. The monoisotopic (exact) mass is 368 g/mol. The highest BCUT2D eigenvalue weighted by Crippen LogP contribution is 2.35. The minimum atomic E-state index is -1.10. The number of hydrogen-bond acceptors (Lipinski definition) is 5. The van der Waals surface area contributed by atoms with Crippen LogP contribution in [0.5, 0.6) is 0 Å². The van der Waals surface area contributed by atoms with E-state index in [9.17, 15) is 14.4 Å². The third-order valence-corrected chi connectivity index (χ3v) is 4.76. The maximum absolute atomic E-state index is 12.9. The number of ketones is 1. The van der Waals surface area contributed by atoms with Crippen LogP contribution in [0.1, 0.15) is 15.9 Å². The van der Waals surface area contributed by atoms with E-state index in [2.05, 4.69) is 5.16 Å². The van der Waals surface area contributed by atoms with Crippen molar-refractivity contribution in [3.63, 3.8) is 0 Å². The van der Waals surface area contributed by atoms with Crippen molar-refractivity contribution in [1.29, 1.82) is 0 Å². The van der Waals surface area contributed by atoms with Crippen molar-refractivity contribution < 1.29 is 19.2 Å². The highest BCUT2D eigenvalue weighted by atomic mass is 35.5. The summed E-state index contributed by atoms with van der Waals surface area (Å²) in [5, 5.41) is 4.22. The molecule has 2 amide bonds.